The van der Waals surface area contributed by atoms with Gasteiger partial charge < -0.3 is 20.9 Å². The van der Waals surface area contributed by atoms with Crippen LogP contribution in [-0.2, 0) is 4.79 Å². The predicted octanol–water partition coefficient (Wildman–Crippen LogP) is 2.11. The third kappa shape index (κ3) is 6.78. The highest BCUT2D eigenvalue weighted by atomic mass is 16.1. The minimum absolute atomic E-state index is 0.121. The third-order valence-corrected chi connectivity index (χ3v) is 5.75. The highest BCUT2D eigenvalue weighted by Gasteiger charge is 2.28. The number of hydrogen-bond acceptors (Lipinski definition) is 3. The van der Waals surface area contributed by atoms with Crippen molar-refractivity contribution in [2.24, 2.45) is 10.9 Å². The van der Waals surface area contributed by atoms with Crippen LogP contribution in [0.25, 0.3) is 0 Å². The van der Waals surface area contributed by atoms with Crippen molar-refractivity contribution >= 4 is 11.9 Å². The molecule has 0 radical (unpaired) electrons. The zero-order chi connectivity index (χ0) is 18.9. The number of guanidine groups is 1. The third-order valence-electron chi connectivity index (χ3n) is 5.75. The normalized spacial score (nSPS) is 24.9. The highest BCUT2D eigenvalue weighted by Crippen LogP contribution is 2.24. The quantitative estimate of drug-likeness (QED) is 0.477. The van der Waals surface area contributed by atoms with Crippen molar-refractivity contribution in [1.82, 2.24) is 20.9 Å². The van der Waals surface area contributed by atoms with E-state index >= 15 is 0 Å². The van der Waals surface area contributed by atoms with Crippen LogP contribution in [0, 0.1) is 5.92 Å². The molecule has 2 fully saturated rings. The molecule has 2 atom stereocenters. The molecule has 0 bridgehead atoms. The fraction of sp³-hybridized carbons (Fsp3) is 0.900. The minimum Gasteiger partial charge on any atom is -0.355 e. The summed E-state index contributed by atoms with van der Waals surface area (Å²) in [6.07, 6.45) is 9.51. The Bertz CT molecular complexity index is 459. The number of nitrogens with zero attached hydrogens (tertiary/aromatic N) is 2. The molecule has 150 valence electrons. The second-order valence-electron chi connectivity index (χ2n) is 8.29. The number of nitrogens with one attached hydrogen (secondary N) is 3. The van der Waals surface area contributed by atoms with E-state index in [1.54, 1.807) is 0 Å². The first-order valence-corrected chi connectivity index (χ1v) is 10.5. The maximum atomic E-state index is 12.3. The van der Waals surface area contributed by atoms with E-state index in [9.17, 15) is 4.79 Å². The van der Waals surface area contributed by atoms with Crippen LogP contribution < -0.4 is 16.0 Å². The summed E-state index contributed by atoms with van der Waals surface area (Å²) in [5, 5.41) is 10.0. The lowest BCUT2D eigenvalue weighted by Gasteiger charge is -2.31. The molecule has 2 aliphatic carbocycles. The summed E-state index contributed by atoms with van der Waals surface area (Å²) in [5.41, 5.74) is 0. The van der Waals surface area contributed by atoms with Crippen molar-refractivity contribution in [3.63, 3.8) is 0 Å². The summed E-state index contributed by atoms with van der Waals surface area (Å²) >= 11 is 0. The van der Waals surface area contributed by atoms with Gasteiger partial charge in [-0.3, -0.25) is 9.79 Å². The Hall–Kier alpha value is -1.30. The van der Waals surface area contributed by atoms with Crippen LogP contribution in [0.1, 0.15) is 65.2 Å². The van der Waals surface area contributed by atoms with Crippen LogP contribution in [-0.4, -0.2) is 62.1 Å². The van der Waals surface area contributed by atoms with Crippen LogP contribution in [0.2, 0.25) is 0 Å². The standard InChI is InChI=1S/C20H39N5O/c1-15(2)23-19(26)16-8-7-9-17(14-16)24-20(21-3)22-12-13-25(4)18-10-5-6-11-18/h15-18H,5-14H2,1-4H3,(H,23,26)(H2,21,22,24). The van der Waals surface area contributed by atoms with Crippen molar-refractivity contribution in [3.05, 3.63) is 0 Å². The molecule has 26 heavy (non-hydrogen) atoms. The largest absolute Gasteiger partial charge is 0.355 e. The molecule has 0 spiro atoms. The maximum absolute atomic E-state index is 12.3. The molecule has 0 aromatic rings. The molecule has 0 heterocycles. The summed E-state index contributed by atoms with van der Waals surface area (Å²) in [6, 6.07) is 1.29. The monoisotopic (exact) mass is 365 g/mol. The molecule has 1 amide bonds. The highest BCUT2D eigenvalue weighted by molar-refractivity contribution is 5.81. The smallest absolute Gasteiger partial charge is 0.223 e. The average Bonchev–Trinajstić information content (AvgIpc) is 3.15. The van der Waals surface area contributed by atoms with Gasteiger partial charge in [-0.05, 0) is 53.0 Å². The van der Waals surface area contributed by atoms with Crippen molar-refractivity contribution in [1.29, 1.82) is 0 Å². The number of carbonyl (C=O) groups is 1. The zero-order valence-corrected chi connectivity index (χ0v) is 17.2. The van der Waals surface area contributed by atoms with Gasteiger partial charge in [-0.2, -0.15) is 0 Å². The Balaban J connectivity index is 1.71. The number of aliphatic imine (C=N–C) groups is 1. The van der Waals surface area contributed by atoms with Crippen molar-refractivity contribution in [3.8, 4) is 0 Å². The summed E-state index contributed by atoms with van der Waals surface area (Å²) in [4.78, 5) is 19.1. The zero-order valence-electron chi connectivity index (χ0n) is 17.2. The van der Waals surface area contributed by atoms with E-state index in [-0.39, 0.29) is 17.9 Å². The number of carbonyl (C=O) groups excluding carboxylic acids is 1. The van der Waals surface area contributed by atoms with E-state index in [4.69, 9.17) is 0 Å². The molecule has 2 rings (SSSR count). The Morgan fingerprint density at radius 2 is 1.88 bits per heavy atom. The molecule has 3 N–H and O–H groups in total. The molecule has 0 aromatic heterocycles. The van der Waals surface area contributed by atoms with Gasteiger partial charge in [0.15, 0.2) is 5.96 Å². The van der Waals surface area contributed by atoms with Crippen molar-refractivity contribution in [2.75, 3.05) is 27.2 Å². The lowest BCUT2D eigenvalue weighted by atomic mass is 9.85. The van der Waals surface area contributed by atoms with E-state index in [2.05, 4.69) is 32.9 Å². The molecule has 6 nitrogen and oxygen atoms in total. The fourth-order valence-electron chi connectivity index (χ4n) is 4.23. The topological polar surface area (TPSA) is 68.8 Å². The Morgan fingerprint density at radius 1 is 1.15 bits per heavy atom. The molecule has 6 heteroatoms. The van der Waals surface area contributed by atoms with Crippen LogP contribution in [0.5, 0.6) is 0 Å². The lowest BCUT2D eigenvalue weighted by Crippen LogP contribution is -2.49. The van der Waals surface area contributed by atoms with Gasteiger partial charge >= 0.3 is 0 Å². The maximum Gasteiger partial charge on any atom is 0.223 e. The SMILES string of the molecule is CN=C(NCCN(C)C1CCCC1)NC1CCCC(C(=O)NC(C)C)C1. The number of rotatable bonds is 7. The number of hydrogen-bond donors (Lipinski definition) is 3. The van der Waals surface area contributed by atoms with Gasteiger partial charge in [0.25, 0.3) is 0 Å². The molecule has 2 aliphatic rings. The van der Waals surface area contributed by atoms with Gasteiger partial charge in [0.1, 0.15) is 0 Å². The van der Waals surface area contributed by atoms with E-state index in [1.165, 1.54) is 25.7 Å². The lowest BCUT2D eigenvalue weighted by molar-refractivity contribution is -0.126. The molecular weight excluding hydrogens is 326 g/mol. The minimum atomic E-state index is 0.121. The molecule has 2 saturated carbocycles. The fourth-order valence-corrected chi connectivity index (χ4v) is 4.23. The summed E-state index contributed by atoms with van der Waals surface area (Å²) < 4.78 is 0. The molecule has 0 aliphatic heterocycles. The van der Waals surface area contributed by atoms with Gasteiger partial charge in [0, 0.05) is 44.2 Å². The van der Waals surface area contributed by atoms with Crippen LogP contribution in [0.3, 0.4) is 0 Å². The number of amides is 1. The van der Waals surface area contributed by atoms with Crippen molar-refractivity contribution < 1.29 is 4.79 Å². The Labute approximate surface area is 159 Å². The summed E-state index contributed by atoms with van der Waals surface area (Å²) in [7, 11) is 4.05. The van der Waals surface area contributed by atoms with Crippen molar-refractivity contribution in [2.45, 2.75) is 83.3 Å². The van der Waals surface area contributed by atoms with Crippen LogP contribution >= 0.6 is 0 Å². The average molecular weight is 366 g/mol. The molecular formula is C20H39N5O. The second kappa shape index (κ2) is 10.8. The van der Waals surface area contributed by atoms with E-state index in [0.717, 1.165) is 50.8 Å². The van der Waals surface area contributed by atoms with Gasteiger partial charge in [-0.25, -0.2) is 0 Å². The number of likely N-dealkylation sites (N-methyl/N-ethyl adjacent to an activating group) is 1. The van der Waals surface area contributed by atoms with Crippen LogP contribution in [0.4, 0.5) is 0 Å². The van der Waals surface area contributed by atoms with Gasteiger partial charge in [0.05, 0.1) is 0 Å². The van der Waals surface area contributed by atoms with E-state index in [0.29, 0.717) is 6.04 Å². The molecule has 2 unspecified atom stereocenters. The molecule has 0 aromatic carbocycles. The van der Waals surface area contributed by atoms with Crippen LogP contribution in [0.15, 0.2) is 4.99 Å². The van der Waals surface area contributed by atoms with Gasteiger partial charge in [-0.15, -0.1) is 0 Å². The van der Waals surface area contributed by atoms with Gasteiger partial charge in [0.2, 0.25) is 5.91 Å². The van der Waals surface area contributed by atoms with E-state index < -0.39 is 0 Å². The first-order chi connectivity index (χ1) is 12.5. The first-order valence-electron chi connectivity index (χ1n) is 10.5. The summed E-state index contributed by atoms with van der Waals surface area (Å²) in [6.45, 7) is 5.97. The first kappa shape index (κ1) is 21.0. The molecule has 0 saturated heterocycles. The van der Waals surface area contributed by atoms with Gasteiger partial charge in [-0.1, -0.05) is 19.3 Å². The predicted molar refractivity (Wildman–Crippen MR) is 108 cm³/mol. The summed E-state index contributed by atoms with van der Waals surface area (Å²) in [5.74, 6) is 1.18. The van der Waals surface area contributed by atoms with E-state index in [1.807, 2.05) is 20.9 Å². The Kier molecular flexibility index (Phi) is 8.69. The second-order valence-corrected chi connectivity index (χ2v) is 8.29. The Morgan fingerprint density at radius 3 is 2.54 bits per heavy atom.